The molecule has 0 spiro atoms. The zero-order valence-corrected chi connectivity index (χ0v) is 14.0. The summed E-state index contributed by atoms with van der Waals surface area (Å²) in [5.74, 6) is 5.18. The molecule has 0 unspecified atom stereocenters. The Morgan fingerprint density at radius 1 is 0.769 bits per heavy atom. The summed E-state index contributed by atoms with van der Waals surface area (Å²) in [4.78, 5) is 17.6. The van der Waals surface area contributed by atoms with Crippen LogP contribution in [0, 0.1) is 0 Å². The minimum atomic E-state index is -0.334. The van der Waals surface area contributed by atoms with Gasteiger partial charge in [-0.3, -0.25) is 10.2 Å². The number of amides is 1. The first-order valence-electron chi connectivity index (χ1n) is 8.34. The highest BCUT2D eigenvalue weighted by Crippen LogP contribution is 2.37. The topological polar surface area (TPSA) is 68.0 Å². The van der Waals surface area contributed by atoms with Crippen LogP contribution in [0.3, 0.4) is 0 Å². The molecule has 26 heavy (non-hydrogen) atoms. The highest BCUT2D eigenvalue weighted by molar-refractivity contribution is 6.14. The Morgan fingerprint density at radius 2 is 1.35 bits per heavy atom. The molecular weight excluding hydrogens is 322 g/mol. The fourth-order valence-corrected chi connectivity index (χ4v) is 3.21. The summed E-state index contributed by atoms with van der Waals surface area (Å²) in [5.41, 5.74) is 6.98. The molecule has 1 aromatic heterocycles. The van der Waals surface area contributed by atoms with Gasteiger partial charge in [0.15, 0.2) is 0 Å². The van der Waals surface area contributed by atoms with E-state index >= 15 is 0 Å². The van der Waals surface area contributed by atoms with E-state index in [1.54, 1.807) is 0 Å². The molecule has 4 nitrogen and oxygen atoms in total. The fraction of sp³-hybridized carbons (Fsp3) is 0. The Morgan fingerprint density at radius 3 is 2.00 bits per heavy atom. The number of nitrogen functional groups attached to an aromatic ring is 1. The average Bonchev–Trinajstić information content (AvgIpc) is 2.73. The van der Waals surface area contributed by atoms with Gasteiger partial charge in [0.05, 0.1) is 16.8 Å². The van der Waals surface area contributed by atoms with Crippen LogP contribution in [-0.4, -0.2) is 10.9 Å². The number of fused-ring (bicyclic) bond motifs is 1. The maximum Gasteiger partial charge on any atom is 0.266 e. The van der Waals surface area contributed by atoms with Crippen molar-refractivity contribution >= 4 is 16.8 Å². The lowest BCUT2D eigenvalue weighted by atomic mass is 9.91. The number of nitrogens with zero attached hydrogens (tertiary/aromatic N) is 1. The summed E-state index contributed by atoms with van der Waals surface area (Å²) in [5, 5.41) is 0.772. The molecule has 0 bridgehead atoms. The number of benzene rings is 3. The molecule has 0 fully saturated rings. The second kappa shape index (κ2) is 6.78. The molecule has 0 aliphatic rings. The molecule has 0 aliphatic carbocycles. The largest absolute Gasteiger partial charge is 0.290 e. The number of nitrogens with one attached hydrogen (secondary N) is 1. The number of hydrazine groups is 1. The Bertz CT molecular complexity index is 1080. The molecule has 0 saturated carbocycles. The Balaban J connectivity index is 2.17. The number of para-hydroxylation sites is 1. The van der Waals surface area contributed by atoms with Crippen LogP contribution in [0.2, 0.25) is 0 Å². The molecule has 126 valence electrons. The van der Waals surface area contributed by atoms with Crippen molar-refractivity contribution in [2.45, 2.75) is 0 Å². The highest BCUT2D eigenvalue weighted by atomic mass is 16.2. The van der Waals surface area contributed by atoms with Crippen molar-refractivity contribution < 1.29 is 4.79 Å². The average molecular weight is 339 g/mol. The minimum Gasteiger partial charge on any atom is -0.290 e. The van der Waals surface area contributed by atoms with Crippen LogP contribution in [0.25, 0.3) is 33.3 Å². The van der Waals surface area contributed by atoms with Gasteiger partial charge in [-0.2, -0.15) is 0 Å². The van der Waals surface area contributed by atoms with Gasteiger partial charge in [0, 0.05) is 16.5 Å². The van der Waals surface area contributed by atoms with Crippen LogP contribution in [-0.2, 0) is 0 Å². The lowest BCUT2D eigenvalue weighted by Crippen LogP contribution is -2.31. The lowest BCUT2D eigenvalue weighted by Gasteiger charge is -2.17. The van der Waals surface area contributed by atoms with E-state index in [0.29, 0.717) is 5.56 Å². The fourth-order valence-electron chi connectivity index (χ4n) is 3.21. The van der Waals surface area contributed by atoms with Gasteiger partial charge in [0.25, 0.3) is 5.91 Å². The quantitative estimate of drug-likeness (QED) is 0.334. The highest BCUT2D eigenvalue weighted by Gasteiger charge is 2.22. The molecule has 4 heteroatoms. The molecule has 3 N–H and O–H groups in total. The van der Waals surface area contributed by atoms with Gasteiger partial charge in [0.1, 0.15) is 0 Å². The Hall–Kier alpha value is -3.50. The molecule has 1 heterocycles. The summed E-state index contributed by atoms with van der Waals surface area (Å²) in [6, 6.07) is 27.3. The first kappa shape index (κ1) is 16.0. The normalized spacial score (nSPS) is 10.7. The first-order chi connectivity index (χ1) is 12.8. The van der Waals surface area contributed by atoms with Gasteiger partial charge in [-0.15, -0.1) is 0 Å². The SMILES string of the molecule is NNC(=O)c1c(-c2ccccc2)c(-c2ccccc2)nc2ccccc12. The first-order valence-corrected chi connectivity index (χ1v) is 8.34. The van der Waals surface area contributed by atoms with Crippen LogP contribution in [0.4, 0.5) is 0 Å². The summed E-state index contributed by atoms with van der Waals surface area (Å²) in [7, 11) is 0. The predicted molar refractivity (Wildman–Crippen MR) is 104 cm³/mol. The molecule has 1 amide bonds. The van der Waals surface area contributed by atoms with Crippen LogP contribution >= 0.6 is 0 Å². The molecule has 0 radical (unpaired) electrons. The molecule has 4 rings (SSSR count). The van der Waals surface area contributed by atoms with Crippen molar-refractivity contribution in [1.29, 1.82) is 0 Å². The number of carbonyl (C=O) groups is 1. The third-order valence-electron chi connectivity index (χ3n) is 4.36. The van der Waals surface area contributed by atoms with Gasteiger partial charge < -0.3 is 0 Å². The smallest absolute Gasteiger partial charge is 0.266 e. The van der Waals surface area contributed by atoms with E-state index in [2.05, 4.69) is 5.43 Å². The van der Waals surface area contributed by atoms with Crippen LogP contribution in [0.15, 0.2) is 84.9 Å². The van der Waals surface area contributed by atoms with E-state index in [9.17, 15) is 4.79 Å². The van der Waals surface area contributed by atoms with Crippen molar-refractivity contribution in [2.24, 2.45) is 5.84 Å². The number of pyridine rings is 1. The zero-order chi connectivity index (χ0) is 17.9. The molecular formula is C22H17N3O. The minimum absolute atomic E-state index is 0.334. The van der Waals surface area contributed by atoms with Gasteiger partial charge in [-0.25, -0.2) is 10.8 Å². The number of nitrogens with two attached hydrogens (primary N) is 1. The van der Waals surface area contributed by atoms with Crippen molar-refractivity contribution in [1.82, 2.24) is 10.4 Å². The molecule has 3 aromatic carbocycles. The van der Waals surface area contributed by atoms with Crippen molar-refractivity contribution in [3.63, 3.8) is 0 Å². The van der Waals surface area contributed by atoms with Gasteiger partial charge in [-0.1, -0.05) is 78.9 Å². The van der Waals surface area contributed by atoms with E-state index in [-0.39, 0.29) is 5.91 Å². The Kier molecular flexibility index (Phi) is 4.17. The maximum atomic E-state index is 12.7. The van der Waals surface area contributed by atoms with Gasteiger partial charge in [-0.05, 0) is 11.6 Å². The maximum absolute atomic E-state index is 12.7. The third kappa shape index (κ3) is 2.72. The summed E-state index contributed by atoms with van der Waals surface area (Å²) < 4.78 is 0. The van der Waals surface area contributed by atoms with E-state index < -0.39 is 0 Å². The third-order valence-corrected chi connectivity index (χ3v) is 4.36. The number of aromatic nitrogens is 1. The predicted octanol–water partition coefficient (Wildman–Crippen LogP) is 4.17. The van der Waals surface area contributed by atoms with Gasteiger partial charge in [0.2, 0.25) is 0 Å². The molecule has 0 atom stereocenters. The number of hydrogen-bond donors (Lipinski definition) is 2. The number of rotatable bonds is 3. The van der Waals surface area contributed by atoms with Crippen molar-refractivity contribution in [2.75, 3.05) is 0 Å². The molecule has 0 aliphatic heterocycles. The van der Waals surface area contributed by atoms with Crippen LogP contribution < -0.4 is 11.3 Å². The van der Waals surface area contributed by atoms with Crippen molar-refractivity contribution in [3.05, 3.63) is 90.5 Å². The standard InChI is InChI=1S/C22H17N3O/c23-25-22(26)20-17-13-7-8-14-18(17)24-21(16-11-5-2-6-12-16)19(20)15-9-3-1-4-10-15/h1-14H,23H2,(H,25,26). The molecule has 4 aromatic rings. The number of hydrogen-bond acceptors (Lipinski definition) is 3. The van der Waals surface area contributed by atoms with E-state index in [1.165, 1.54) is 0 Å². The number of carbonyl (C=O) groups excluding carboxylic acids is 1. The molecule has 0 saturated heterocycles. The van der Waals surface area contributed by atoms with E-state index in [1.807, 2.05) is 84.9 Å². The summed E-state index contributed by atoms with van der Waals surface area (Å²) >= 11 is 0. The lowest BCUT2D eigenvalue weighted by molar-refractivity contribution is 0.0956. The Labute approximate surface area is 151 Å². The van der Waals surface area contributed by atoms with Crippen LogP contribution in [0.1, 0.15) is 10.4 Å². The van der Waals surface area contributed by atoms with E-state index in [0.717, 1.165) is 33.3 Å². The van der Waals surface area contributed by atoms with Gasteiger partial charge >= 0.3 is 0 Å². The second-order valence-corrected chi connectivity index (χ2v) is 5.93. The monoisotopic (exact) mass is 339 g/mol. The second-order valence-electron chi connectivity index (χ2n) is 5.93. The zero-order valence-electron chi connectivity index (χ0n) is 14.0. The van der Waals surface area contributed by atoms with Crippen LogP contribution in [0.5, 0.6) is 0 Å². The summed E-state index contributed by atoms with van der Waals surface area (Å²) in [6.07, 6.45) is 0. The van der Waals surface area contributed by atoms with E-state index in [4.69, 9.17) is 10.8 Å². The summed E-state index contributed by atoms with van der Waals surface area (Å²) in [6.45, 7) is 0. The van der Waals surface area contributed by atoms with Crippen molar-refractivity contribution in [3.8, 4) is 22.4 Å².